The number of carbonyl (C=O) groups excluding carboxylic acids is 1. The summed E-state index contributed by atoms with van der Waals surface area (Å²) in [4.78, 5) is 17.2. The third kappa shape index (κ3) is 5.14. The van der Waals surface area contributed by atoms with Crippen LogP contribution in [0.5, 0.6) is 5.75 Å². The lowest BCUT2D eigenvalue weighted by Crippen LogP contribution is -2.14. The van der Waals surface area contributed by atoms with Crippen molar-refractivity contribution in [1.82, 2.24) is 4.98 Å². The van der Waals surface area contributed by atoms with Gasteiger partial charge in [-0.2, -0.15) is 0 Å². The predicted molar refractivity (Wildman–Crippen MR) is 120 cm³/mol. The maximum atomic E-state index is 13.0. The average Bonchev–Trinajstić information content (AvgIpc) is 2.81. The third-order valence-electron chi connectivity index (χ3n) is 4.85. The molecule has 0 atom stereocenters. The van der Waals surface area contributed by atoms with Gasteiger partial charge in [-0.05, 0) is 66.2 Å². The van der Waals surface area contributed by atoms with Crippen molar-refractivity contribution in [2.45, 2.75) is 6.42 Å². The number of aromatic nitrogens is 1. The van der Waals surface area contributed by atoms with Gasteiger partial charge in [-0.1, -0.05) is 30.3 Å². The molecule has 0 aliphatic carbocycles. The first-order valence-corrected chi connectivity index (χ1v) is 9.87. The highest BCUT2D eigenvalue weighted by atomic mass is 19.1. The van der Waals surface area contributed by atoms with Crippen LogP contribution in [0, 0.1) is 5.82 Å². The van der Waals surface area contributed by atoms with Gasteiger partial charge in [0, 0.05) is 16.8 Å². The second kappa shape index (κ2) is 9.22. The van der Waals surface area contributed by atoms with Gasteiger partial charge in [0.05, 0.1) is 24.9 Å². The number of carbonyl (C=O) groups is 1. The largest absolute Gasteiger partial charge is 0.497 e. The van der Waals surface area contributed by atoms with Gasteiger partial charge in [0.1, 0.15) is 11.6 Å². The van der Waals surface area contributed by atoms with Crippen molar-refractivity contribution in [1.29, 1.82) is 0 Å². The molecule has 4 rings (SSSR count). The average molecular weight is 412 g/mol. The van der Waals surface area contributed by atoms with Gasteiger partial charge in [0.25, 0.3) is 0 Å². The summed E-state index contributed by atoms with van der Waals surface area (Å²) < 4.78 is 18.2. The van der Waals surface area contributed by atoms with Crippen LogP contribution < -0.4 is 10.1 Å². The molecule has 4 nitrogen and oxygen atoms in total. The van der Waals surface area contributed by atoms with Crippen LogP contribution in [0.1, 0.15) is 5.56 Å². The molecule has 5 heteroatoms. The van der Waals surface area contributed by atoms with Crippen LogP contribution in [0.3, 0.4) is 0 Å². The lowest BCUT2D eigenvalue weighted by molar-refractivity contribution is -0.115. The van der Waals surface area contributed by atoms with Crippen LogP contribution in [0.15, 0.2) is 91.0 Å². The Morgan fingerprint density at radius 1 is 0.871 bits per heavy atom. The molecule has 0 fully saturated rings. The first-order chi connectivity index (χ1) is 15.1. The van der Waals surface area contributed by atoms with E-state index in [0.717, 1.165) is 33.8 Å². The van der Waals surface area contributed by atoms with Crippen molar-refractivity contribution in [3.63, 3.8) is 0 Å². The van der Waals surface area contributed by atoms with E-state index in [-0.39, 0.29) is 18.1 Å². The van der Waals surface area contributed by atoms with Crippen LogP contribution in [-0.2, 0) is 11.2 Å². The van der Waals surface area contributed by atoms with Crippen molar-refractivity contribution in [3.8, 4) is 28.3 Å². The number of hydrogen-bond acceptors (Lipinski definition) is 3. The number of ether oxygens (including phenoxy) is 1. The molecular formula is C26H21FN2O2. The van der Waals surface area contributed by atoms with Crippen molar-refractivity contribution < 1.29 is 13.9 Å². The predicted octanol–water partition coefficient (Wildman–Crippen LogP) is 5.74. The Morgan fingerprint density at radius 2 is 1.55 bits per heavy atom. The van der Waals surface area contributed by atoms with E-state index in [1.54, 1.807) is 19.2 Å². The molecule has 0 radical (unpaired) electrons. The second-order valence-corrected chi connectivity index (χ2v) is 7.07. The molecule has 0 unspecified atom stereocenters. The van der Waals surface area contributed by atoms with Crippen molar-refractivity contribution in [3.05, 3.63) is 102 Å². The summed E-state index contributed by atoms with van der Waals surface area (Å²) in [5.74, 6) is 0.314. The molecular weight excluding hydrogens is 391 g/mol. The normalized spacial score (nSPS) is 10.5. The number of hydrogen-bond donors (Lipinski definition) is 1. The highest BCUT2D eigenvalue weighted by molar-refractivity contribution is 5.92. The molecule has 0 aliphatic heterocycles. The standard InChI is InChI=1S/C26H21FN2O2/c1-31-23-14-10-19(11-15-23)24-6-3-7-25(29-24)20-4-2-5-22(17-20)28-26(30)16-18-8-12-21(27)13-9-18/h2-15,17H,16H2,1H3,(H,28,30). The Balaban J connectivity index is 1.51. The van der Waals surface area contributed by atoms with E-state index in [0.29, 0.717) is 5.69 Å². The SMILES string of the molecule is COc1ccc(-c2cccc(-c3cccc(NC(=O)Cc4ccc(F)cc4)c3)n2)cc1. The molecule has 4 aromatic rings. The van der Waals surface area contributed by atoms with E-state index in [9.17, 15) is 9.18 Å². The van der Waals surface area contributed by atoms with E-state index >= 15 is 0 Å². The number of nitrogens with one attached hydrogen (secondary N) is 1. The fourth-order valence-electron chi connectivity index (χ4n) is 3.27. The molecule has 0 saturated carbocycles. The molecule has 31 heavy (non-hydrogen) atoms. The maximum absolute atomic E-state index is 13.0. The maximum Gasteiger partial charge on any atom is 0.228 e. The quantitative estimate of drug-likeness (QED) is 0.439. The summed E-state index contributed by atoms with van der Waals surface area (Å²) in [7, 11) is 1.64. The molecule has 0 aliphatic rings. The van der Waals surface area contributed by atoms with Gasteiger partial charge >= 0.3 is 0 Å². The monoisotopic (exact) mass is 412 g/mol. The highest BCUT2D eigenvalue weighted by Gasteiger charge is 2.08. The van der Waals surface area contributed by atoms with Crippen molar-refractivity contribution in [2.75, 3.05) is 12.4 Å². The number of nitrogens with zero attached hydrogens (tertiary/aromatic N) is 1. The lowest BCUT2D eigenvalue weighted by atomic mass is 10.1. The van der Waals surface area contributed by atoms with Crippen LogP contribution in [-0.4, -0.2) is 18.0 Å². The van der Waals surface area contributed by atoms with E-state index in [2.05, 4.69) is 5.32 Å². The van der Waals surface area contributed by atoms with E-state index in [4.69, 9.17) is 9.72 Å². The van der Waals surface area contributed by atoms with Gasteiger partial charge in [-0.3, -0.25) is 4.79 Å². The molecule has 1 aromatic heterocycles. The zero-order valence-electron chi connectivity index (χ0n) is 17.0. The molecule has 1 N–H and O–H groups in total. The zero-order chi connectivity index (χ0) is 21.6. The zero-order valence-corrected chi connectivity index (χ0v) is 17.0. The summed E-state index contributed by atoms with van der Waals surface area (Å²) in [5.41, 5.74) is 4.99. The lowest BCUT2D eigenvalue weighted by Gasteiger charge is -2.09. The first kappa shape index (κ1) is 20.3. The van der Waals surface area contributed by atoms with Crippen LogP contribution >= 0.6 is 0 Å². The molecule has 1 amide bonds. The number of pyridine rings is 1. The van der Waals surface area contributed by atoms with E-state index in [1.165, 1.54) is 12.1 Å². The Kier molecular flexibility index (Phi) is 6.03. The fourth-order valence-corrected chi connectivity index (χ4v) is 3.27. The number of methoxy groups -OCH3 is 1. The Hall–Kier alpha value is -3.99. The Labute approximate surface area is 180 Å². The molecule has 1 heterocycles. The second-order valence-electron chi connectivity index (χ2n) is 7.07. The summed E-state index contributed by atoms with van der Waals surface area (Å²) in [6.45, 7) is 0. The van der Waals surface area contributed by atoms with Crippen LogP contribution in [0.4, 0.5) is 10.1 Å². The van der Waals surface area contributed by atoms with E-state index < -0.39 is 0 Å². The molecule has 0 bridgehead atoms. The number of amides is 1. The minimum absolute atomic E-state index is 0.163. The minimum atomic E-state index is -0.318. The van der Waals surface area contributed by atoms with Gasteiger partial charge in [-0.15, -0.1) is 0 Å². The van der Waals surface area contributed by atoms with Crippen LogP contribution in [0.25, 0.3) is 22.5 Å². The third-order valence-corrected chi connectivity index (χ3v) is 4.85. The van der Waals surface area contributed by atoms with Gasteiger partial charge in [0.2, 0.25) is 5.91 Å². The van der Waals surface area contributed by atoms with Gasteiger partial charge in [-0.25, -0.2) is 9.37 Å². The number of rotatable bonds is 6. The molecule has 154 valence electrons. The van der Waals surface area contributed by atoms with E-state index in [1.807, 2.05) is 66.7 Å². The van der Waals surface area contributed by atoms with Gasteiger partial charge in [0.15, 0.2) is 0 Å². The topological polar surface area (TPSA) is 51.2 Å². The summed E-state index contributed by atoms with van der Waals surface area (Å²) in [6, 6.07) is 27.1. The van der Waals surface area contributed by atoms with Crippen molar-refractivity contribution >= 4 is 11.6 Å². The minimum Gasteiger partial charge on any atom is -0.497 e. The smallest absolute Gasteiger partial charge is 0.228 e. The molecule has 0 spiro atoms. The van der Waals surface area contributed by atoms with Gasteiger partial charge < -0.3 is 10.1 Å². The molecule has 3 aromatic carbocycles. The summed E-state index contributed by atoms with van der Waals surface area (Å²) in [5, 5.41) is 2.90. The first-order valence-electron chi connectivity index (χ1n) is 9.87. The summed E-state index contributed by atoms with van der Waals surface area (Å²) in [6.07, 6.45) is 0.176. The fraction of sp³-hybridized carbons (Fsp3) is 0.0769. The van der Waals surface area contributed by atoms with Crippen molar-refractivity contribution in [2.24, 2.45) is 0 Å². The highest BCUT2D eigenvalue weighted by Crippen LogP contribution is 2.26. The Morgan fingerprint density at radius 3 is 2.26 bits per heavy atom. The van der Waals surface area contributed by atoms with Crippen LogP contribution in [0.2, 0.25) is 0 Å². The number of benzene rings is 3. The molecule has 0 saturated heterocycles. The summed E-state index contributed by atoms with van der Waals surface area (Å²) >= 11 is 0. The number of halogens is 1. The Bertz CT molecular complexity index is 1190. The number of anilines is 1.